The minimum atomic E-state index is -0.122. The molecule has 0 radical (unpaired) electrons. The average molecular weight is 336 g/mol. The van der Waals surface area contributed by atoms with Gasteiger partial charge in [-0.3, -0.25) is 19.1 Å². The predicted molar refractivity (Wildman–Crippen MR) is 96.2 cm³/mol. The van der Waals surface area contributed by atoms with E-state index in [-0.39, 0.29) is 23.9 Å². The number of rotatable bonds is 5. The third-order valence-electron chi connectivity index (χ3n) is 4.22. The van der Waals surface area contributed by atoms with Crippen LogP contribution in [0.5, 0.6) is 0 Å². The number of fused-ring (bicyclic) bond motifs is 1. The van der Waals surface area contributed by atoms with Crippen LogP contribution in [0.15, 0.2) is 53.8 Å². The Hall–Kier alpha value is -3.02. The lowest BCUT2D eigenvalue weighted by atomic mass is 10.1. The first kappa shape index (κ1) is 16.8. The van der Waals surface area contributed by atoms with Crippen molar-refractivity contribution < 1.29 is 4.79 Å². The molecule has 1 aromatic carbocycles. The fourth-order valence-corrected chi connectivity index (χ4v) is 2.77. The van der Waals surface area contributed by atoms with Gasteiger partial charge in [-0.1, -0.05) is 12.1 Å². The molecule has 1 unspecified atom stereocenters. The normalized spacial score (nSPS) is 12.1. The van der Waals surface area contributed by atoms with Gasteiger partial charge < -0.3 is 5.32 Å². The van der Waals surface area contributed by atoms with Gasteiger partial charge >= 0.3 is 0 Å². The molecule has 2 aromatic heterocycles. The molecule has 1 amide bonds. The maximum Gasteiger partial charge on any atom is 0.261 e. The van der Waals surface area contributed by atoms with Crippen LogP contribution in [0.25, 0.3) is 10.9 Å². The molecule has 0 aliphatic rings. The number of nitrogens with zero attached hydrogens (tertiary/aromatic N) is 3. The van der Waals surface area contributed by atoms with Gasteiger partial charge in [0.2, 0.25) is 5.91 Å². The Labute approximate surface area is 145 Å². The Morgan fingerprint density at radius 1 is 1.24 bits per heavy atom. The molecule has 0 saturated heterocycles. The highest BCUT2D eigenvalue weighted by molar-refractivity contribution is 5.80. The first-order valence-electron chi connectivity index (χ1n) is 8.20. The third-order valence-corrected chi connectivity index (χ3v) is 4.22. The Morgan fingerprint density at radius 3 is 2.76 bits per heavy atom. The Morgan fingerprint density at radius 2 is 2.00 bits per heavy atom. The standard InChI is InChI=1S/C19H20N4O2/c1-13-4-3-5-16-18(13)21-12-23(19(16)25)11-8-17(24)22-14(2)15-6-9-20-10-7-15/h3-7,9-10,12,14H,8,11H2,1-2H3,(H,22,24). The SMILES string of the molecule is Cc1cccc2c(=O)n(CCC(=O)NC(C)c3ccncc3)cnc12. The number of benzene rings is 1. The van der Waals surface area contributed by atoms with Gasteiger partial charge in [0.15, 0.2) is 0 Å². The summed E-state index contributed by atoms with van der Waals surface area (Å²) in [5.74, 6) is -0.111. The van der Waals surface area contributed by atoms with Crippen molar-refractivity contribution in [3.8, 4) is 0 Å². The van der Waals surface area contributed by atoms with Gasteiger partial charge in [0.05, 0.1) is 23.3 Å². The van der Waals surface area contributed by atoms with E-state index in [1.807, 2.05) is 38.1 Å². The fourth-order valence-electron chi connectivity index (χ4n) is 2.77. The van der Waals surface area contributed by atoms with E-state index in [2.05, 4.69) is 15.3 Å². The highest BCUT2D eigenvalue weighted by atomic mass is 16.2. The maximum atomic E-state index is 12.5. The lowest BCUT2D eigenvalue weighted by Crippen LogP contribution is -2.29. The van der Waals surface area contributed by atoms with E-state index in [1.54, 1.807) is 18.5 Å². The number of hydrogen-bond acceptors (Lipinski definition) is 4. The van der Waals surface area contributed by atoms with Crippen LogP contribution in [-0.2, 0) is 11.3 Å². The van der Waals surface area contributed by atoms with Crippen molar-refractivity contribution in [1.29, 1.82) is 0 Å². The lowest BCUT2D eigenvalue weighted by Gasteiger charge is -2.14. The van der Waals surface area contributed by atoms with Crippen molar-refractivity contribution in [2.24, 2.45) is 0 Å². The van der Waals surface area contributed by atoms with E-state index in [0.29, 0.717) is 17.4 Å². The molecule has 0 spiro atoms. The summed E-state index contributed by atoms with van der Waals surface area (Å²) in [6.45, 7) is 4.14. The summed E-state index contributed by atoms with van der Waals surface area (Å²) in [4.78, 5) is 33.0. The number of amides is 1. The molecule has 6 heteroatoms. The van der Waals surface area contributed by atoms with Crippen LogP contribution in [0, 0.1) is 6.92 Å². The molecular formula is C19H20N4O2. The van der Waals surface area contributed by atoms with E-state index in [0.717, 1.165) is 11.1 Å². The average Bonchev–Trinajstić information content (AvgIpc) is 2.62. The smallest absolute Gasteiger partial charge is 0.261 e. The number of carbonyl (C=O) groups excluding carboxylic acids is 1. The molecule has 2 heterocycles. The van der Waals surface area contributed by atoms with Crippen molar-refractivity contribution in [2.75, 3.05) is 0 Å². The van der Waals surface area contributed by atoms with Crippen molar-refractivity contribution in [3.63, 3.8) is 0 Å². The van der Waals surface area contributed by atoms with Crippen LogP contribution in [0.3, 0.4) is 0 Å². The van der Waals surface area contributed by atoms with Gasteiger partial charge in [0.1, 0.15) is 0 Å². The van der Waals surface area contributed by atoms with Crippen molar-refractivity contribution in [2.45, 2.75) is 32.9 Å². The van der Waals surface area contributed by atoms with E-state index >= 15 is 0 Å². The molecule has 0 fully saturated rings. The molecule has 3 aromatic rings. The minimum absolute atomic E-state index is 0.107. The van der Waals surface area contributed by atoms with Gasteiger partial charge in [-0.05, 0) is 43.2 Å². The monoisotopic (exact) mass is 336 g/mol. The number of aryl methyl sites for hydroxylation is 2. The molecule has 1 atom stereocenters. The van der Waals surface area contributed by atoms with Gasteiger partial charge in [-0.2, -0.15) is 0 Å². The second-order valence-corrected chi connectivity index (χ2v) is 6.03. The highest BCUT2D eigenvalue weighted by Gasteiger charge is 2.11. The number of pyridine rings is 1. The molecule has 1 N–H and O–H groups in total. The predicted octanol–water partition coefficient (Wildman–Crippen LogP) is 2.37. The molecule has 25 heavy (non-hydrogen) atoms. The first-order chi connectivity index (χ1) is 12.1. The van der Waals surface area contributed by atoms with Gasteiger partial charge in [0, 0.05) is 25.4 Å². The zero-order valence-corrected chi connectivity index (χ0v) is 14.3. The van der Waals surface area contributed by atoms with E-state index in [1.165, 1.54) is 10.9 Å². The van der Waals surface area contributed by atoms with Gasteiger partial charge in [0.25, 0.3) is 5.56 Å². The fraction of sp³-hybridized carbons (Fsp3) is 0.263. The molecule has 6 nitrogen and oxygen atoms in total. The molecule has 0 aliphatic heterocycles. The number of para-hydroxylation sites is 1. The second kappa shape index (κ2) is 7.25. The van der Waals surface area contributed by atoms with Crippen molar-refractivity contribution >= 4 is 16.8 Å². The van der Waals surface area contributed by atoms with Crippen LogP contribution in [0.1, 0.15) is 30.5 Å². The quantitative estimate of drug-likeness (QED) is 0.776. The van der Waals surface area contributed by atoms with Crippen molar-refractivity contribution in [3.05, 3.63) is 70.5 Å². The van der Waals surface area contributed by atoms with Crippen LogP contribution in [0.4, 0.5) is 0 Å². The lowest BCUT2D eigenvalue weighted by molar-refractivity contribution is -0.121. The zero-order valence-electron chi connectivity index (χ0n) is 14.3. The summed E-state index contributed by atoms with van der Waals surface area (Å²) in [6.07, 6.45) is 5.12. The topological polar surface area (TPSA) is 76.9 Å². The summed E-state index contributed by atoms with van der Waals surface area (Å²) < 4.78 is 1.48. The number of nitrogens with one attached hydrogen (secondary N) is 1. The number of aromatic nitrogens is 3. The van der Waals surface area contributed by atoms with Gasteiger partial charge in [-0.25, -0.2) is 4.98 Å². The largest absolute Gasteiger partial charge is 0.350 e. The molecule has 3 rings (SSSR count). The summed E-state index contributed by atoms with van der Waals surface area (Å²) >= 11 is 0. The summed E-state index contributed by atoms with van der Waals surface area (Å²) in [7, 11) is 0. The molecular weight excluding hydrogens is 316 g/mol. The highest BCUT2D eigenvalue weighted by Crippen LogP contribution is 2.12. The van der Waals surface area contributed by atoms with E-state index in [4.69, 9.17) is 0 Å². The molecule has 128 valence electrons. The zero-order chi connectivity index (χ0) is 17.8. The van der Waals surface area contributed by atoms with E-state index < -0.39 is 0 Å². The van der Waals surface area contributed by atoms with Gasteiger partial charge in [-0.15, -0.1) is 0 Å². The summed E-state index contributed by atoms with van der Waals surface area (Å²) in [5, 5.41) is 3.51. The Kier molecular flexibility index (Phi) is 4.88. The van der Waals surface area contributed by atoms with Crippen molar-refractivity contribution in [1.82, 2.24) is 19.9 Å². The van der Waals surface area contributed by atoms with Crippen LogP contribution in [-0.4, -0.2) is 20.4 Å². The van der Waals surface area contributed by atoms with Crippen LogP contribution >= 0.6 is 0 Å². The first-order valence-corrected chi connectivity index (χ1v) is 8.20. The summed E-state index contributed by atoms with van der Waals surface area (Å²) in [5.41, 5.74) is 2.54. The van der Waals surface area contributed by atoms with Crippen LogP contribution in [0.2, 0.25) is 0 Å². The van der Waals surface area contributed by atoms with E-state index in [9.17, 15) is 9.59 Å². The summed E-state index contributed by atoms with van der Waals surface area (Å²) in [6, 6.07) is 9.15. The van der Waals surface area contributed by atoms with Crippen LogP contribution < -0.4 is 10.9 Å². The minimum Gasteiger partial charge on any atom is -0.350 e. The number of carbonyl (C=O) groups is 1. The Balaban J connectivity index is 1.67. The second-order valence-electron chi connectivity index (χ2n) is 6.03. The maximum absolute atomic E-state index is 12.5. The third kappa shape index (κ3) is 3.74. The molecule has 0 aliphatic carbocycles. The Bertz CT molecular complexity index is 951. The molecule has 0 bridgehead atoms. The molecule has 0 saturated carbocycles. The number of hydrogen-bond donors (Lipinski definition) is 1.